The van der Waals surface area contributed by atoms with E-state index in [1.54, 1.807) is 43.3 Å². The molecule has 0 spiro atoms. The van der Waals surface area contributed by atoms with Crippen LogP contribution in [0.5, 0.6) is 5.75 Å². The molecule has 3 rings (SSSR count). The summed E-state index contributed by atoms with van der Waals surface area (Å²) < 4.78 is 32.8. The molecule has 0 aliphatic heterocycles. The number of ether oxygens (including phenoxy) is 1. The second-order valence-corrected chi connectivity index (χ2v) is 9.32. The Morgan fingerprint density at radius 2 is 1.50 bits per heavy atom. The maximum atomic E-state index is 12.5. The number of amides is 1. The summed E-state index contributed by atoms with van der Waals surface area (Å²) in [6.07, 6.45) is 0.897. The first-order chi connectivity index (χ1) is 15.4. The summed E-state index contributed by atoms with van der Waals surface area (Å²) >= 11 is 0. The van der Waals surface area contributed by atoms with E-state index in [1.807, 2.05) is 54.6 Å². The fourth-order valence-corrected chi connectivity index (χ4v) is 4.25. The van der Waals surface area contributed by atoms with Gasteiger partial charge in [-0.25, -0.2) is 13.1 Å². The molecule has 0 fully saturated rings. The van der Waals surface area contributed by atoms with Crippen LogP contribution in [-0.2, 0) is 34.3 Å². The Morgan fingerprint density at radius 1 is 0.875 bits per heavy atom. The van der Waals surface area contributed by atoms with Crippen LogP contribution in [-0.4, -0.2) is 33.4 Å². The zero-order chi connectivity index (χ0) is 23.0. The van der Waals surface area contributed by atoms with Gasteiger partial charge in [0.15, 0.2) is 0 Å². The number of hydrogen-bond donors (Lipinski definition) is 1. The van der Waals surface area contributed by atoms with E-state index < -0.39 is 10.0 Å². The maximum Gasteiger partial charge on any atom is 0.240 e. The van der Waals surface area contributed by atoms with E-state index in [0.29, 0.717) is 19.4 Å². The van der Waals surface area contributed by atoms with Crippen LogP contribution in [0.3, 0.4) is 0 Å². The Labute approximate surface area is 189 Å². The summed E-state index contributed by atoms with van der Waals surface area (Å²) in [5, 5.41) is 0. The molecule has 0 saturated heterocycles. The molecule has 0 unspecified atom stereocenters. The van der Waals surface area contributed by atoms with Crippen LogP contribution in [0.4, 0.5) is 0 Å². The fourth-order valence-electron chi connectivity index (χ4n) is 3.23. The Hall–Kier alpha value is -3.16. The summed E-state index contributed by atoms with van der Waals surface area (Å²) in [4.78, 5) is 14.4. The third kappa shape index (κ3) is 6.67. The van der Waals surface area contributed by atoms with Crippen molar-refractivity contribution in [3.63, 3.8) is 0 Å². The second kappa shape index (κ2) is 10.9. The summed E-state index contributed by atoms with van der Waals surface area (Å²) in [6, 6.07) is 23.7. The van der Waals surface area contributed by atoms with Crippen molar-refractivity contribution in [1.82, 2.24) is 9.62 Å². The molecule has 0 aliphatic carbocycles. The van der Waals surface area contributed by atoms with Crippen LogP contribution in [0, 0.1) is 0 Å². The van der Waals surface area contributed by atoms with Gasteiger partial charge in [-0.15, -0.1) is 0 Å². The lowest BCUT2D eigenvalue weighted by Crippen LogP contribution is -2.26. The third-order valence-corrected chi connectivity index (χ3v) is 6.59. The number of rotatable bonds is 10. The van der Waals surface area contributed by atoms with Gasteiger partial charge >= 0.3 is 0 Å². The quantitative estimate of drug-likeness (QED) is 0.508. The van der Waals surface area contributed by atoms with Crippen molar-refractivity contribution in [1.29, 1.82) is 0 Å². The van der Waals surface area contributed by atoms with Crippen molar-refractivity contribution in [3.05, 3.63) is 95.6 Å². The molecule has 0 saturated carbocycles. The largest absolute Gasteiger partial charge is 0.497 e. The van der Waals surface area contributed by atoms with Crippen LogP contribution in [0.1, 0.15) is 23.1 Å². The molecule has 0 heterocycles. The number of carbonyl (C=O) groups is 1. The number of benzene rings is 3. The van der Waals surface area contributed by atoms with Crippen molar-refractivity contribution >= 4 is 15.9 Å². The van der Waals surface area contributed by atoms with Gasteiger partial charge in [-0.1, -0.05) is 54.6 Å². The lowest BCUT2D eigenvalue weighted by Gasteiger charge is -2.17. The molecule has 0 aliphatic rings. The molecular weight excluding hydrogens is 424 g/mol. The SMILES string of the molecule is COc1ccc(CN(C)C(=O)CCc2ccc(S(=O)(=O)NCc3ccccc3)cc2)cc1. The number of nitrogens with one attached hydrogen (secondary N) is 1. The van der Waals surface area contributed by atoms with Crippen molar-refractivity contribution in [2.75, 3.05) is 14.2 Å². The summed E-state index contributed by atoms with van der Waals surface area (Å²) in [7, 11) is -0.196. The lowest BCUT2D eigenvalue weighted by molar-refractivity contribution is -0.130. The molecule has 32 heavy (non-hydrogen) atoms. The Kier molecular flexibility index (Phi) is 8.03. The van der Waals surface area contributed by atoms with Gasteiger partial charge in [-0.2, -0.15) is 0 Å². The minimum Gasteiger partial charge on any atom is -0.497 e. The molecule has 0 atom stereocenters. The zero-order valence-corrected chi connectivity index (χ0v) is 19.1. The molecule has 3 aromatic rings. The van der Waals surface area contributed by atoms with E-state index in [0.717, 1.165) is 22.4 Å². The van der Waals surface area contributed by atoms with E-state index in [2.05, 4.69) is 4.72 Å². The first kappa shape index (κ1) is 23.5. The summed E-state index contributed by atoms with van der Waals surface area (Å²) in [6.45, 7) is 0.757. The van der Waals surface area contributed by atoms with Gasteiger partial charge < -0.3 is 9.64 Å². The number of aryl methyl sites for hydroxylation is 1. The molecule has 6 nitrogen and oxygen atoms in total. The monoisotopic (exact) mass is 452 g/mol. The number of carbonyl (C=O) groups excluding carboxylic acids is 1. The first-order valence-electron chi connectivity index (χ1n) is 10.4. The van der Waals surface area contributed by atoms with Gasteiger partial charge in [-0.05, 0) is 47.4 Å². The molecule has 0 aromatic heterocycles. The smallest absolute Gasteiger partial charge is 0.240 e. The van der Waals surface area contributed by atoms with Gasteiger partial charge in [0.2, 0.25) is 15.9 Å². The molecule has 0 bridgehead atoms. The molecule has 1 N–H and O–H groups in total. The Balaban J connectivity index is 1.50. The van der Waals surface area contributed by atoms with E-state index in [4.69, 9.17) is 4.74 Å². The van der Waals surface area contributed by atoms with Gasteiger partial charge in [-0.3, -0.25) is 4.79 Å². The van der Waals surface area contributed by atoms with Crippen molar-refractivity contribution in [3.8, 4) is 5.75 Å². The molecular formula is C25H28N2O4S. The van der Waals surface area contributed by atoms with Gasteiger partial charge in [0.05, 0.1) is 12.0 Å². The highest BCUT2D eigenvalue weighted by atomic mass is 32.2. The van der Waals surface area contributed by atoms with Gasteiger partial charge in [0.25, 0.3) is 0 Å². The predicted molar refractivity (Wildman–Crippen MR) is 125 cm³/mol. The van der Waals surface area contributed by atoms with Gasteiger partial charge in [0.1, 0.15) is 5.75 Å². The van der Waals surface area contributed by atoms with E-state index in [-0.39, 0.29) is 17.3 Å². The standard InChI is InChI=1S/C25H28N2O4S/c1-27(19-22-8-13-23(31-2)14-9-22)25(28)17-12-20-10-15-24(16-11-20)32(29,30)26-18-21-6-4-3-5-7-21/h3-11,13-16,26H,12,17-19H2,1-2H3. The highest BCUT2D eigenvalue weighted by Crippen LogP contribution is 2.15. The van der Waals surface area contributed by atoms with Crippen LogP contribution in [0.15, 0.2) is 83.8 Å². The molecule has 168 valence electrons. The topological polar surface area (TPSA) is 75.7 Å². The minimum absolute atomic E-state index is 0.0297. The third-order valence-electron chi connectivity index (χ3n) is 5.17. The van der Waals surface area contributed by atoms with E-state index >= 15 is 0 Å². The highest BCUT2D eigenvalue weighted by molar-refractivity contribution is 7.89. The van der Waals surface area contributed by atoms with Gasteiger partial charge in [0, 0.05) is 26.6 Å². The van der Waals surface area contributed by atoms with Crippen molar-refractivity contribution in [2.45, 2.75) is 30.8 Å². The van der Waals surface area contributed by atoms with Crippen molar-refractivity contribution < 1.29 is 17.9 Å². The zero-order valence-electron chi connectivity index (χ0n) is 18.3. The Morgan fingerprint density at radius 3 is 2.12 bits per heavy atom. The van der Waals surface area contributed by atoms with Crippen LogP contribution < -0.4 is 9.46 Å². The molecule has 3 aromatic carbocycles. The molecule has 7 heteroatoms. The number of nitrogens with zero attached hydrogens (tertiary/aromatic N) is 1. The molecule has 0 radical (unpaired) electrons. The highest BCUT2D eigenvalue weighted by Gasteiger charge is 2.14. The predicted octanol–water partition coefficient (Wildman–Crippen LogP) is 3.76. The number of hydrogen-bond acceptors (Lipinski definition) is 4. The first-order valence-corrected chi connectivity index (χ1v) is 11.8. The maximum absolute atomic E-state index is 12.5. The average Bonchev–Trinajstić information content (AvgIpc) is 2.82. The normalized spacial score (nSPS) is 11.2. The van der Waals surface area contributed by atoms with Crippen LogP contribution >= 0.6 is 0 Å². The number of methoxy groups -OCH3 is 1. The molecule has 1 amide bonds. The fraction of sp³-hybridized carbons (Fsp3) is 0.240. The average molecular weight is 453 g/mol. The van der Waals surface area contributed by atoms with Crippen LogP contribution in [0.2, 0.25) is 0 Å². The Bertz CT molecular complexity index is 1110. The minimum atomic E-state index is -3.59. The van der Waals surface area contributed by atoms with E-state index in [1.165, 1.54) is 0 Å². The van der Waals surface area contributed by atoms with Crippen molar-refractivity contribution in [2.24, 2.45) is 0 Å². The summed E-state index contributed by atoms with van der Waals surface area (Å²) in [5.74, 6) is 0.811. The lowest BCUT2D eigenvalue weighted by atomic mass is 10.1. The van der Waals surface area contributed by atoms with E-state index in [9.17, 15) is 13.2 Å². The number of sulfonamides is 1. The summed E-state index contributed by atoms with van der Waals surface area (Å²) in [5.41, 5.74) is 2.84. The van der Waals surface area contributed by atoms with Crippen LogP contribution in [0.25, 0.3) is 0 Å². The second-order valence-electron chi connectivity index (χ2n) is 7.55.